The molecule has 2 fully saturated rings. The van der Waals surface area contributed by atoms with Crippen LogP contribution < -0.4 is 4.90 Å². The Morgan fingerprint density at radius 2 is 1.64 bits per heavy atom. The lowest BCUT2D eigenvalue weighted by Crippen LogP contribution is -2.43. The first-order chi connectivity index (χ1) is 13.5. The molecule has 0 bridgehead atoms. The number of halogens is 1. The summed E-state index contributed by atoms with van der Waals surface area (Å²) in [4.78, 5) is 42.1. The van der Waals surface area contributed by atoms with Crippen molar-refractivity contribution in [2.45, 2.75) is 19.0 Å². The molecule has 5 rings (SSSR count). The van der Waals surface area contributed by atoms with Crippen LogP contribution in [0.3, 0.4) is 0 Å². The van der Waals surface area contributed by atoms with Gasteiger partial charge in [-0.1, -0.05) is 24.3 Å². The first-order valence-electron chi connectivity index (χ1n) is 9.17. The van der Waals surface area contributed by atoms with Gasteiger partial charge in [-0.3, -0.25) is 14.4 Å². The number of nitrogens with zero attached hydrogens (tertiary/aromatic N) is 2. The molecule has 2 saturated heterocycles. The fourth-order valence-electron chi connectivity index (χ4n) is 4.87. The van der Waals surface area contributed by atoms with E-state index in [-0.39, 0.29) is 17.7 Å². The van der Waals surface area contributed by atoms with Gasteiger partial charge in [-0.05, 0) is 48.4 Å². The molecule has 0 spiro atoms. The van der Waals surface area contributed by atoms with Crippen LogP contribution in [0.2, 0.25) is 0 Å². The summed E-state index contributed by atoms with van der Waals surface area (Å²) < 4.78 is 13.3. The first kappa shape index (κ1) is 16.9. The molecular weight excluding hydrogens is 359 g/mol. The molecule has 0 N–H and O–H groups in total. The Balaban J connectivity index is 1.65. The molecule has 0 saturated carbocycles. The highest BCUT2D eigenvalue weighted by Crippen LogP contribution is 2.53. The number of benzene rings is 2. The molecule has 4 atom stereocenters. The maximum Gasteiger partial charge on any atom is 0.240 e. The van der Waals surface area contributed by atoms with Crippen molar-refractivity contribution < 1.29 is 18.8 Å². The average molecular weight is 376 g/mol. The summed E-state index contributed by atoms with van der Waals surface area (Å²) in [6.45, 7) is 1.46. The lowest BCUT2D eigenvalue weighted by atomic mass is 9.84. The third kappa shape index (κ3) is 2.14. The van der Waals surface area contributed by atoms with E-state index in [2.05, 4.69) is 0 Å². The Labute approximate surface area is 161 Å². The molecule has 2 aromatic carbocycles. The fraction of sp³-hybridized carbons (Fsp3) is 0.227. The summed E-state index contributed by atoms with van der Waals surface area (Å²) in [5, 5.41) is 0. The largest absolute Gasteiger partial charge is 0.359 e. The van der Waals surface area contributed by atoms with Crippen LogP contribution in [0.15, 0.2) is 54.7 Å². The molecule has 3 aliphatic heterocycles. The highest BCUT2D eigenvalue weighted by atomic mass is 19.1. The monoisotopic (exact) mass is 376 g/mol. The smallest absolute Gasteiger partial charge is 0.240 e. The van der Waals surface area contributed by atoms with E-state index in [1.807, 2.05) is 41.4 Å². The highest BCUT2D eigenvalue weighted by Gasteiger charge is 2.63. The summed E-state index contributed by atoms with van der Waals surface area (Å²) in [5.41, 5.74) is 2.25. The Bertz CT molecular complexity index is 1050. The highest BCUT2D eigenvalue weighted by molar-refractivity contribution is 6.24. The van der Waals surface area contributed by atoms with Crippen molar-refractivity contribution in [3.63, 3.8) is 0 Å². The number of Topliss-reactive ketones (excluding diaryl/α,β-unsaturated/α-hetero) is 1. The van der Waals surface area contributed by atoms with Gasteiger partial charge in [0.2, 0.25) is 11.8 Å². The standard InChI is InChI=1S/C22H17FN2O3/c1-12(26)19-17-18(20-16-5-3-2-4-13(16)10-11-24(19)20)22(28)25(21(17)27)15-8-6-14(23)7-9-15/h2-11,17-20H,1H3. The van der Waals surface area contributed by atoms with E-state index < -0.39 is 29.6 Å². The minimum atomic E-state index is -0.754. The van der Waals surface area contributed by atoms with Crippen molar-refractivity contribution in [1.82, 2.24) is 4.90 Å². The Hall–Kier alpha value is -3.28. The minimum absolute atomic E-state index is 0.149. The predicted molar refractivity (Wildman–Crippen MR) is 100 cm³/mol. The zero-order valence-corrected chi connectivity index (χ0v) is 15.1. The zero-order valence-electron chi connectivity index (χ0n) is 15.1. The van der Waals surface area contributed by atoms with Gasteiger partial charge in [-0.25, -0.2) is 9.29 Å². The second-order valence-corrected chi connectivity index (χ2v) is 7.43. The molecule has 5 nitrogen and oxygen atoms in total. The second kappa shape index (κ2) is 5.86. The van der Waals surface area contributed by atoms with Gasteiger partial charge in [0, 0.05) is 6.20 Å². The van der Waals surface area contributed by atoms with E-state index in [0.717, 1.165) is 16.0 Å². The van der Waals surface area contributed by atoms with E-state index in [9.17, 15) is 18.8 Å². The van der Waals surface area contributed by atoms with Crippen molar-refractivity contribution in [1.29, 1.82) is 0 Å². The van der Waals surface area contributed by atoms with E-state index in [0.29, 0.717) is 5.69 Å². The molecule has 0 radical (unpaired) electrons. The van der Waals surface area contributed by atoms with Gasteiger partial charge < -0.3 is 4.90 Å². The number of carbonyl (C=O) groups excluding carboxylic acids is 3. The van der Waals surface area contributed by atoms with Crippen LogP contribution in [0, 0.1) is 17.7 Å². The van der Waals surface area contributed by atoms with Crippen LogP contribution in [0.4, 0.5) is 10.1 Å². The van der Waals surface area contributed by atoms with Gasteiger partial charge in [0.1, 0.15) is 5.82 Å². The molecule has 3 aliphatic rings. The maximum atomic E-state index is 13.4. The number of imide groups is 1. The summed E-state index contributed by atoms with van der Waals surface area (Å²) in [6, 6.07) is 11.9. The van der Waals surface area contributed by atoms with Gasteiger partial charge in [0.25, 0.3) is 0 Å². The number of amides is 2. The van der Waals surface area contributed by atoms with E-state index in [1.165, 1.54) is 31.2 Å². The molecule has 2 amide bonds. The molecule has 0 aliphatic carbocycles. The molecular formula is C22H17FN2O3. The Morgan fingerprint density at radius 3 is 2.36 bits per heavy atom. The van der Waals surface area contributed by atoms with Gasteiger partial charge in [-0.15, -0.1) is 0 Å². The topological polar surface area (TPSA) is 57.7 Å². The second-order valence-electron chi connectivity index (χ2n) is 7.43. The SMILES string of the molecule is CC(=O)C1C2C(=O)N(c3ccc(F)cc3)C(=O)C2C2c3ccccc3C=CN12. The summed E-state index contributed by atoms with van der Waals surface area (Å²) in [7, 11) is 0. The van der Waals surface area contributed by atoms with Crippen LogP contribution in [-0.2, 0) is 14.4 Å². The number of hydrogen-bond donors (Lipinski definition) is 0. The predicted octanol–water partition coefficient (Wildman–Crippen LogP) is 2.93. The Morgan fingerprint density at radius 1 is 0.964 bits per heavy atom. The van der Waals surface area contributed by atoms with Gasteiger partial charge in [0.05, 0.1) is 29.6 Å². The molecule has 2 aromatic rings. The number of hydrogen-bond acceptors (Lipinski definition) is 4. The van der Waals surface area contributed by atoms with Crippen LogP contribution in [0.1, 0.15) is 24.1 Å². The molecule has 6 heteroatoms. The summed E-state index contributed by atoms with van der Waals surface area (Å²) in [5.74, 6) is -2.74. The number of rotatable bonds is 2. The molecule has 140 valence electrons. The van der Waals surface area contributed by atoms with Crippen LogP contribution in [-0.4, -0.2) is 28.5 Å². The van der Waals surface area contributed by atoms with Crippen molar-refractivity contribution in [2.24, 2.45) is 11.8 Å². The van der Waals surface area contributed by atoms with Gasteiger partial charge in [0.15, 0.2) is 5.78 Å². The van der Waals surface area contributed by atoms with E-state index in [4.69, 9.17) is 0 Å². The number of carbonyl (C=O) groups is 3. The number of fused-ring (bicyclic) bond motifs is 5. The molecule has 3 heterocycles. The van der Waals surface area contributed by atoms with Crippen molar-refractivity contribution in [3.05, 3.63) is 71.7 Å². The molecule has 0 aromatic heterocycles. The minimum Gasteiger partial charge on any atom is -0.359 e. The summed E-state index contributed by atoms with van der Waals surface area (Å²) >= 11 is 0. The third-order valence-electron chi connectivity index (χ3n) is 5.96. The lowest BCUT2D eigenvalue weighted by Gasteiger charge is -2.34. The quantitative estimate of drug-likeness (QED) is 0.757. The first-order valence-corrected chi connectivity index (χ1v) is 9.17. The average Bonchev–Trinajstić information content (AvgIpc) is 3.16. The van der Waals surface area contributed by atoms with Crippen LogP contribution in [0.5, 0.6) is 0 Å². The lowest BCUT2D eigenvalue weighted by molar-refractivity contribution is -0.129. The maximum absolute atomic E-state index is 13.4. The van der Waals surface area contributed by atoms with Crippen LogP contribution >= 0.6 is 0 Å². The fourth-order valence-corrected chi connectivity index (χ4v) is 4.87. The van der Waals surface area contributed by atoms with Crippen molar-refractivity contribution >= 4 is 29.4 Å². The molecule has 28 heavy (non-hydrogen) atoms. The van der Waals surface area contributed by atoms with E-state index in [1.54, 1.807) is 0 Å². The van der Waals surface area contributed by atoms with Gasteiger partial charge in [-0.2, -0.15) is 0 Å². The van der Waals surface area contributed by atoms with Crippen molar-refractivity contribution in [3.8, 4) is 0 Å². The molecule has 4 unspecified atom stereocenters. The Kier molecular flexibility index (Phi) is 3.53. The van der Waals surface area contributed by atoms with Crippen molar-refractivity contribution in [2.75, 3.05) is 4.90 Å². The van der Waals surface area contributed by atoms with E-state index >= 15 is 0 Å². The summed E-state index contributed by atoms with van der Waals surface area (Å²) in [6.07, 6.45) is 3.73. The zero-order chi connectivity index (χ0) is 19.6. The number of anilines is 1. The third-order valence-corrected chi connectivity index (χ3v) is 5.96. The van der Waals surface area contributed by atoms with Gasteiger partial charge >= 0.3 is 0 Å². The number of ketones is 1. The normalized spacial score (nSPS) is 27.6. The van der Waals surface area contributed by atoms with Crippen LogP contribution in [0.25, 0.3) is 6.08 Å².